The summed E-state index contributed by atoms with van der Waals surface area (Å²) in [5, 5.41) is 0.513. The van der Waals surface area contributed by atoms with Crippen LogP contribution < -0.4 is 5.56 Å². The van der Waals surface area contributed by atoms with E-state index < -0.39 is 15.7 Å². The fraction of sp³-hybridized carbons (Fsp3) is 0.579. The Morgan fingerprint density at radius 2 is 2.00 bits per heavy atom. The predicted octanol–water partition coefficient (Wildman–Crippen LogP) is 2.89. The molecule has 26 heavy (non-hydrogen) atoms. The number of hydrogen-bond donors (Lipinski definition) is 0. The van der Waals surface area contributed by atoms with Crippen LogP contribution >= 0.6 is 0 Å². The average molecular weight is 372 g/mol. The summed E-state index contributed by atoms with van der Waals surface area (Å²) >= 11 is 0. The van der Waals surface area contributed by atoms with Crippen molar-refractivity contribution in [1.29, 1.82) is 0 Å². The molecule has 1 aliphatic carbocycles. The Hall–Kier alpha value is -1.89. The zero-order valence-electron chi connectivity index (χ0n) is 15.7. The van der Waals surface area contributed by atoms with Gasteiger partial charge in [-0.25, -0.2) is 9.19 Å². The molecule has 1 saturated carbocycles. The van der Waals surface area contributed by atoms with E-state index in [4.69, 9.17) is 4.98 Å². The minimum atomic E-state index is -1.37. The van der Waals surface area contributed by atoms with Gasteiger partial charge < -0.3 is 0 Å². The molecule has 2 aromatic heterocycles. The maximum atomic E-state index is 13.0. The highest BCUT2D eigenvalue weighted by molar-refractivity contribution is 7.85. The lowest BCUT2D eigenvalue weighted by atomic mass is 9.67. The highest BCUT2D eigenvalue weighted by Gasteiger charge is 2.46. The highest BCUT2D eigenvalue weighted by Crippen LogP contribution is 2.49. The summed E-state index contributed by atoms with van der Waals surface area (Å²) in [5.41, 5.74) is 1.99. The Labute approximate surface area is 155 Å². The lowest BCUT2D eigenvalue weighted by Crippen LogP contribution is -2.34. The zero-order chi connectivity index (χ0) is 18.7. The Balaban J connectivity index is 1.91. The minimum Gasteiger partial charge on any atom is -0.296 e. The Kier molecular flexibility index (Phi) is 3.91. The molecular weight excluding hydrogens is 348 g/mol. The fourth-order valence-corrected chi connectivity index (χ4v) is 4.46. The molecule has 3 heterocycles. The van der Waals surface area contributed by atoms with Gasteiger partial charge in [-0.3, -0.25) is 14.3 Å². The van der Waals surface area contributed by atoms with E-state index in [1.54, 1.807) is 12.4 Å². The first-order valence-electron chi connectivity index (χ1n) is 9.10. The van der Waals surface area contributed by atoms with E-state index >= 15 is 0 Å². The van der Waals surface area contributed by atoms with E-state index in [1.807, 2.05) is 32.3 Å². The van der Waals surface area contributed by atoms with Crippen LogP contribution in [-0.2, 0) is 22.9 Å². The second kappa shape index (κ2) is 5.81. The zero-order valence-corrected chi connectivity index (χ0v) is 16.5. The van der Waals surface area contributed by atoms with Gasteiger partial charge in [-0.1, -0.05) is 6.42 Å². The molecule has 0 N–H and O–H groups in total. The Morgan fingerprint density at radius 3 is 2.62 bits per heavy atom. The third-order valence-corrected chi connectivity index (χ3v) is 7.09. The van der Waals surface area contributed by atoms with Gasteiger partial charge in [0.05, 0.1) is 21.4 Å². The SMILES string of the molecule is CC(=N[S@](=O)C(C)(C)C)c1cncc2c(=O)n3c(nc12)C1(CCC1)CC3. The lowest BCUT2D eigenvalue weighted by molar-refractivity contribution is 0.238. The van der Waals surface area contributed by atoms with Gasteiger partial charge in [0.15, 0.2) is 0 Å². The molecular formula is C19H24N4O2S. The van der Waals surface area contributed by atoms with Crippen molar-refractivity contribution in [2.24, 2.45) is 4.40 Å². The number of pyridine rings is 1. The van der Waals surface area contributed by atoms with Gasteiger partial charge in [0.25, 0.3) is 5.56 Å². The second-order valence-corrected chi connectivity index (χ2v) is 10.3. The standard InChI is InChI=1S/C19H24N4O2S/c1-12(22-26(25)18(2,3)4)13-10-20-11-14-15(13)21-17-19(6-5-7-19)8-9-23(17)16(14)24/h10-11H,5-9H2,1-4H3/t26-/m1/s1. The molecule has 4 rings (SSSR count). The van der Waals surface area contributed by atoms with Crippen LogP contribution in [0.4, 0.5) is 0 Å². The molecule has 1 spiro atoms. The molecule has 0 unspecified atom stereocenters. The maximum Gasteiger partial charge on any atom is 0.262 e. The third kappa shape index (κ3) is 2.55. The summed E-state index contributed by atoms with van der Waals surface area (Å²) in [7, 11) is -1.37. The van der Waals surface area contributed by atoms with E-state index in [-0.39, 0.29) is 11.0 Å². The van der Waals surface area contributed by atoms with Crippen LogP contribution in [0.5, 0.6) is 0 Å². The van der Waals surface area contributed by atoms with Crippen LogP contribution in [0.25, 0.3) is 10.9 Å². The van der Waals surface area contributed by atoms with Crippen molar-refractivity contribution in [3.05, 3.63) is 34.1 Å². The monoisotopic (exact) mass is 372 g/mol. The molecule has 7 heteroatoms. The maximum absolute atomic E-state index is 13.0. The van der Waals surface area contributed by atoms with Crippen molar-refractivity contribution in [1.82, 2.24) is 14.5 Å². The van der Waals surface area contributed by atoms with Gasteiger partial charge in [-0.05, 0) is 47.0 Å². The Morgan fingerprint density at radius 1 is 1.27 bits per heavy atom. The lowest BCUT2D eigenvalue weighted by Gasteiger charge is -2.37. The van der Waals surface area contributed by atoms with Crippen molar-refractivity contribution < 1.29 is 4.21 Å². The summed E-state index contributed by atoms with van der Waals surface area (Å²) in [5.74, 6) is 0.915. The first-order valence-corrected chi connectivity index (χ1v) is 10.2. The topological polar surface area (TPSA) is 77.2 Å². The number of rotatable bonds is 2. The van der Waals surface area contributed by atoms with Crippen LogP contribution in [0, 0.1) is 0 Å². The summed E-state index contributed by atoms with van der Waals surface area (Å²) in [6, 6.07) is 0. The quantitative estimate of drug-likeness (QED) is 0.760. The summed E-state index contributed by atoms with van der Waals surface area (Å²) in [6.07, 6.45) is 7.66. The van der Waals surface area contributed by atoms with E-state index in [9.17, 15) is 9.00 Å². The van der Waals surface area contributed by atoms with E-state index in [1.165, 1.54) is 6.42 Å². The predicted molar refractivity (Wildman–Crippen MR) is 104 cm³/mol. The summed E-state index contributed by atoms with van der Waals surface area (Å²) < 4.78 is 18.2. The smallest absolute Gasteiger partial charge is 0.262 e. The van der Waals surface area contributed by atoms with Gasteiger partial charge in [0.2, 0.25) is 0 Å². The van der Waals surface area contributed by atoms with Crippen LogP contribution in [0.2, 0.25) is 0 Å². The van der Waals surface area contributed by atoms with Crippen molar-refractivity contribution in [2.45, 2.75) is 70.1 Å². The molecule has 1 fully saturated rings. The average Bonchev–Trinajstić information content (AvgIpc) is 2.93. The molecule has 0 bridgehead atoms. The fourth-order valence-electron chi connectivity index (χ4n) is 3.84. The van der Waals surface area contributed by atoms with Crippen LogP contribution in [-0.4, -0.2) is 29.2 Å². The van der Waals surface area contributed by atoms with Crippen molar-refractivity contribution in [3.63, 3.8) is 0 Å². The molecule has 6 nitrogen and oxygen atoms in total. The third-order valence-electron chi connectivity index (χ3n) is 5.60. The molecule has 2 aromatic rings. The van der Waals surface area contributed by atoms with E-state index in [2.05, 4.69) is 9.38 Å². The van der Waals surface area contributed by atoms with Crippen molar-refractivity contribution in [2.75, 3.05) is 0 Å². The van der Waals surface area contributed by atoms with E-state index in [0.29, 0.717) is 22.2 Å². The molecule has 2 aliphatic rings. The largest absolute Gasteiger partial charge is 0.296 e. The van der Waals surface area contributed by atoms with Crippen LogP contribution in [0.15, 0.2) is 21.6 Å². The van der Waals surface area contributed by atoms with Gasteiger partial charge >= 0.3 is 0 Å². The van der Waals surface area contributed by atoms with Gasteiger partial charge in [-0.2, -0.15) is 4.40 Å². The Bertz CT molecular complexity index is 1010. The number of fused-ring (bicyclic) bond motifs is 3. The van der Waals surface area contributed by atoms with Gasteiger partial charge in [0.1, 0.15) is 16.8 Å². The summed E-state index contributed by atoms with van der Waals surface area (Å²) in [4.78, 5) is 22.1. The minimum absolute atomic E-state index is 0.0205. The number of nitrogens with zero attached hydrogens (tertiary/aromatic N) is 4. The van der Waals surface area contributed by atoms with Crippen LogP contribution in [0.3, 0.4) is 0 Å². The normalized spacial score (nSPS) is 20.2. The van der Waals surface area contributed by atoms with Crippen molar-refractivity contribution in [3.8, 4) is 0 Å². The molecule has 1 aliphatic heterocycles. The molecule has 0 radical (unpaired) electrons. The van der Waals surface area contributed by atoms with Crippen LogP contribution in [0.1, 0.15) is 64.8 Å². The second-order valence-electron chi connectivity index (χ2n) is 8.40. The number of aromatic nitrogens is 3. The number of hydrogen-bond acceptors (Lipinski definition) is 4. The molecule has 0 aromatic carbocycles. The molecule has 1 atom stereocenters. The highest BCUT2D eigenvalue weighted by atomic mass is 32.2. The van der Waals surface area contributed by atoms with Gasteiger partial charge in [0, 0.05) is 29.9 Å². The van der Waals surface area contributed by atoms with Gasteiger partial charge in [-0.15, -0.1) is 0 Å². The van der Waals surface area contributed by atoms with E-state index in [0.717, 1.165) is 31.6 Å². The molecule has 138 valence electrons. The van der Waals surface area contributed by atoms with Crippen molar-refractivity contribution >= 4 is 27.6 Å². The molecule has 0 amide bonds. The first kappa shape index (κ1) is 17.5. The molecule has 0 saturated heterocycles. The first-order chi connectivity index (χ1) is 12.2. The summed E-state index contributed by atoms with van der Waals surface area (Å²) in [6.45, 7) is 8.21.